The van der Waals surface area contributed by atoms with E-state index in [1.54, 1.807) is 30.5 Å². The Balaban J connectivity index is 1.71. The summed E-state index contributed by atoms with van der Waals surface area (Å²) in [6.07, 6.45) is 1.14. The van der Waals surface area contributed by atoms with Crippen molar-refractivity contribution in [3.8, 4) is 0 Å². The summed E-state index contributed by atoms with van der Waals surface area (Å²) in [6.45, 7) is 1.81. The summed E-state index contributed by atoms with van der Waals surface area (Å²) >= 11 is 0. The van der Waals surface area contributed by atoms with Crippen LogP contribution in [0.3, 0.4) is 0 Å². The van der Waals surface area contributed by atoms with Gasteiger partial charge in [-0.1, -0.05) is 18.2 Å². The van der Waals surface area contributed by atoms with Crippen LogP contribution in [0.25, 0.3) is 0 Å². The first-order valence-corrected chi connectivity index (χ1v) is 6.78. The fourth-order valence-corrected chi connectivity index (χ4v) is 2.39. The van der Waals surface area contributed by atoms with E-state index in [0.29, 0.717) is 17.7 Å². The lowest BCUT2D eigenvalue weighted by Gasteiger charge is -2.24. The van der Waals surface area contributed by atoms with Crippen molar-refractivity contribution in [2.45, 2.75) is 25.5 Å². The number of nitrogens with one attached hydrogen (secondary N) is 1. The molecule has 0 unspecified atom stereocenters. The quantitative estimate of drug-likeness (QED) is 0.878. The second-order valence-corrected chi connectivity index (χ2v) is 5.00. The van der Waals surface area contributed by atoms with Crippen LogP contribution in [-0.2, 0) is 16.0 Å². The summed E-state index contributed by atoms with van der Waals surface area (Å²) in [5.41, 5.74) is 1.36. The van der Waals surface area contributed by atoms with E-state index in [2.05, 4.69) is 5.32 Å². The lowest BCUT2D eigenvalue weighted by atomic mass is 9.98. The monoisotopic (exact) mass is 285 g/mol. The molecule has 1 aliphatic rings. The van der Waals surface area contributed by atoms with Crippen molar-refractivity contribution in [2.75, 3.05) is 0 Å². The number of hydrogen-bond donors (Lipinski definition) is 1. The molecule has 0 saturated heterocycles. The number of benzene rings is 1. The van der Waals surface area contributed by atoms with Gasteiger partial charge in [-0.05, 0) is 30.7 Å². The number of esters is 1. The summed E-state index contributed by atoms with van der Waals surface area (Å²) in [5, 5.41) is 2.79. The SMILES string of the molecule is C[C@H](NC(=O)[C@H]1Cc2ccccc2C(=O)O1)c1ccco1. The van der Waals surface area contributed by atoms with E-state index < -0.39 is 12.1 Å². The highest BCUT2D eigenvalue weighted by Gasteiger charge is 2.31. The second-order valence-electron chi connectivity index (χ2n) is 5.00. The van der Waals surface area contributed by atoms with Crippen LogP contribution in [0.4, 0.5) is 0 Å². The maximum absolute atomic E-state index is 12.2. The van der Waals surface area contributed by atoms with E-state index in [0.717, 1.165) is 5.56 Å². The zero-order valence-corrected chi connectivity index (χ0v) is 11.5. The summed E-state index contributed by atoms with van der Waals surface area (Å²) in [7, 11) is 0. The minimum absolute atomic E-state index is 0.275. The first-order chi connectivity index (χ1) is 10.1. The fraction of sp³-hybridized carbons (Fsp3) is 0.250. The van der Waals surface area contributed by atoms with Gasteiger partial charge >= 0.3 is 5.97 Å². The van der Waals surface area contributed by atoms with Crippen molar-refractivity contribution in [2.24, 2.45) is 0 Å². The number of hydrogen-bond acceptors (Lipinski definition) is 4. The van der Waals surface area contributed by atoms with Crippen molar-refractivity contribution in [1.82, 2.24) is 5.32 Å². The number of amides is 1. The number of rotatable bonds is 3. The molecule has 0 radical (unpaired) electrons. The molecule has 0 bridgehead atoms. The van der Waals surface area contributed by atoms with Gasteiger partial charge in [-0.25, -0.2) is 4.79 Å². The number of ether oxygens (including phenoxy) is 1. The van der Waals surface area contributed by atoms with E-state index in [-0.39, 0.29) is 11.9 Å². The van der Waals surface area contributed by atoms with Gasteiger partial charge in [0.25, 0.3) is 5.91 Å². The molecule has 3 rings (SSSR count). The third kappa shape index (κ3) is 2.67. The first-order valence-electron chi connectivity index (χ1n) is 6.78. The summed E-state index contributed by atoms with van der Waals surface area (Å²) in [4.78, 5) is 24.1. The van der Waals surface area contributed by atoms with Crippen LogP contribution >= 0.6 is 0 Å². The lowest BCUT2D eigenvalue weighted by Crippen LogP contribution is -2.42. The molecular weight excluding hydrogens is 270 g/mol. The zero-order chi connectivity index (χ0) is 14.8. The van der Waals surface area contributed by atoms with Crippen molar-refractivity contribution < 1.29 is 18.7 Å². The van der Waals surface area contributed by atoms with Crippen molar-refractivity contribution >= 4 is 11.9 Å². The van der Waals surface area contributed by atoms with Crippen LogP contribution < -0.4 is 5.32 Å². The number of cyclic esters (lactones) is 1. The molecule has 0 aliphatic carbocycles. The minimum atomic E-state index is -0.801. The van der Waals surface area contributed by atoms with E-state index in [4.69, 9.17) is 9.15 Å². The average molecular weight is 285 g/mol. The molecule has 0 fully saturated rings. The van der Waals surface area contributed by atoms with Crippen LogP contribution in [0.5, 0.6) is 0 Å². The maximum Gasteiger partial charge on any atom is 0.339 e. The molecule has 1 aromatic carbocycles. The third-order valence-corrected chi connectivity index (χ3v) is 3.51. The van der Waals surface area contributed by atoms with Gasteiger partial charge in [-0.3, -0.25) is 4.79 Å². The average Bonchev–Trinajstić information content (AvgIpc) is 3.01. The predicted octanol–water partition coefficient (Wildman–Crippen LogP) is 2.24. The van der Waals surface area contributed by atoms with Gasteiger partial charge in [0.15, 0.2) is 6.10 Å². The van der Waals surface area contributed by atoms with Crippen molar-refractivity contribution in [3.05, 3.63) is 59.5 Å². The minimum Gasteiger partial charge on any atom is -0.467 e. The van der Waals surface area contributed by atoms with E-state index in [1.165, 1.54) is 0 Å². The molecule has 1 amide bonds. The fourth-order valence-electron chi connectivity index (χ4n) is 2.39. The number of furan rings is 1. The van der Waals surface area contributed by atoms with Gasteiger partial charge in [-0.2, -0.15) is 0 Å². The Hall–Kier alpha value is -2.56. The molecule has 1 aromatic heterocycles. The van der Waals surface area contributed by atoms with Gasteiger partial charge in [0, 0.05) is 6.42 Å². The molecule has 5 nitrogen and oxygen atoms in total. The normalized spacial score (nSPS) is 18.5. The van der Waals surface area contributed by atoms with Crippen LogP contribution in [-0.4, -0.2) is 18.0 Å². The lowest BCUT2D eigenvalue weighted by molar-refractivity contribution is -0.131. The smallest absolute Gasteiger partial charge is 0.339 e. The Morgan fingerprint density at radius 1 is 1.29 bits per heavy atom. The van der Waals surface area contributed by atoms with Gasteiger partial charge in [0.2, 0.25) is 0 Å². The topological polar surface area (TPSA) is 68.5 Å². The van der Waals surface area contributed by atoms with Crippen LogP contribution in [0, 0.1) is 0 Å². The third-order valence-electron chi connectivity index (χ3n) is 3.51. The van der Waals surface area contributed by atoms with Crippen molar-refractivity contribution in [1.29, 1.82) is 0 Å². The van der Waals surface area contributed by atoms with Crippen LogP contribution in [0.1, 0.15) is 34.6 Å². The Bertz CT molecular complexity index is 663. The first kappa shape index (κ1) is 13.4. The van der Waals surface area contributed by atoms with E-state index in [1.807, 2.05) is 19.1 Å². The number of fused-ring (bicyclic) bond motifs is 1. The Kier molecular flexibility index (Phi) is 3.48. The second kappa shape index (κ2) is 5.44. The number of carbonyl (C=O) groups is 2. The Morgan fingerprint density at radius 3 is 2.86 bits per heavy atom. The summed E-state index contributed by atoms with van der Waals surface area (Å²) < 4.78 is 10.4. The summed E-state index contributed by atoms with van der Waals surface area (Å²) in [5.74, 6) is -0.115. The van der Waals surface area contributed by atoms with Gasteiger partial charge in [0.1, 0.15) is 5.76 Å². The van der Waals surface area contributed by atoms with Gasteiger partial charge < -0.3 is 14.5 Å². The molecule has 2 aromatic rings. The molecule has 1 N–H and O–H groups in total. The summed E-state index contributed by atoms with van der Waals surface area (Å²) in [6, 6.07) is 10.4. The molecule has 5 heteroatoms. The van der Waals surface area contributed by atoms with Crippen LogP contribution in [0.15, 0.2) is 47.1 Å². The van der Waals surface area contributed by atoms with Gasteiger partial charge in [-0.15, -0.1) is 0 Å². The molecule has 1 aliphatic heterocycles. The van der Waals surface area contributed by atoms with E-state index in [9.17, 15) is 9.59 Å². The molecular formula is C16H15NO4. The molecule has 21 heavy (non-hydrogen) atoms. The zero-order valence-electron chi connectivity index (χ0n) is 11.5. The standard InChI is InChI=1S/C16H15NO4/c1-10(13-7-4-8-20-13)17-15(18)14-9-11-5-2-3-6-12(11)16(19)21-14/h2-8,10,14H,9H2,1H3,(H,17,18)/t10-,14+/m0/s1. The Labute approximate surface area is 121 Å². The highest BCUT2D eigenvalue weighted by atomic mass is 16.5. The van der Waals surface area contributed by atoms with E-state index >= 15 is 0 Å². The number of carbonyl (C=O) groups excluding carboxylic acids is 2. The van der Waals surface area contributed by atoms with Crippen LogP contribution in [0.2, 0.25) is 0 Å². The van der Waals surface area contributed by atoms with Crippen molar-refractivity contribution in [3.63, 3.8) is 0 Å². The largest absolute Gasteiger partial charge is 0.467 e. The molecule has 2 atom stereocenters. The maximum atomic E-state index is 12.2. The van der Waals surface area contributed by atoms with Gasteiger partial charge in [0.05, 0.1) is 17.9 Å². The molecule has 2 heterocycles. The highest BCUT2D eigenvalue weighted by Crippen LogP contribution is 2.21. The Morgan fingerprint density at radius 2 is 2.10 bits per heavy atom. The highest BCUT2D eigenvalue weighted by molar-refractivity contribution is 5.95. The molecule has 108 valence electrons. The molecule has 0 saturated carbocycles. The molecule has 0 spiro atoms. The predicted molar refractivity (Wildman–Crippen MR) is 74.6 cm³/mol.